The van der Waals surface area contributed by atoms with E-state index in [1.54, 1.807) is 14.2 Å². The molecule has 0 spiro atoms. The smallest absolute Gasteiger partial charge is 0.0835 e. The van der Waals surface area contributed by atoms with Crippen molar-refractivity contribution in [3.63, 3.8) is 0 Å². The van der Waals surface area contributed by atoms with E-state index in [2.05, 4.69) is 5.32 Å². The van der Waals surface area contributed by atoms with Crippen LogP contribution >= 0.6 is 0 Å². The van der Waals surface area contributed by atoms with E-state index in [0.717, 1.165) is 38.6 Å². The van der Waals surface area contributed by atoms with E-state index in [9.17, 15) is 5.11 Å². The van der Waals surface area contributed by atoms with Gasteiger partial charge in [-0.1, -0.05) is 0 Å². The lowest BCUT2D eigenvalue weighted by Gasteiger charge is -2.38. The summed E-state index contributed by atoms with van der Waals surface area (Å²) >= 11 is 0. The second-order valence-electron chi connectivity index (χ2n) is 5.73. The molecule has 2 rings (SSSR count). The second kappa shape index (κ2) is 6.85. The van der Waals surface area contributed by atoms with Gasteiger partial charge in [-0.3, -0.25) is 0 Å². The molecule has 5 atom stereocenters. The number of aliphatic hydroxyl groups excluding tert-OH is 1. The van der Waals surface area contributed by atoms with Gasteiger partial charge in [0.1, 0.15) is 0 Å². The zero-order chi connectivity index (χ0) is 13.0. The van der Waals surface area contributed by atoms with Crippen molar-refractivity contribution in [2.75, 3.05) is 20.8 Å². The molecule has 1 aliphatic heterocycles. The first kappa shape index (κ1) is 14.3. The SMILES string of the molecule is COC1CCC(CC2NCCCC2O)CC1OC. The van der Waals surface area contributed by atoms with Gasteiger partial charge in [0, 0.05) is 20.3 Å². The average Bonchev–Trinajstić information content (AvgIpc) is 2.41. The molecule has 0 amide bonds. The highest BCUT2D eigenvalue weighted by Gasteiger charge is 2.33. The van der Waals surface area contributed by atoms with Gasteiger partial charge in [-0.15, -0.1) is 0 Å². The number of piperidine rings is 1. The number of nitrogens with one attached hydrogen (secondary N) is 1. The quantitative estimate of drug-likeness (QED) is 0.797. The van der Waals surface area contributed by atoms with E-state index in [1.165, 1.54) is 6.42 Å². The third-order valence-electron chi connectivity index (χ3n) is 4.58. The summed E-state index contributed by atoms with van der Waals surface area (Å²) in [5.74, 6) is 0.645. The van der Waals surface area contributed by atoms with Crippen molar-refractivity contribution < 1.29 is 14.6 Å². The lowest BCUT2D eigenvalue weighted by atomic mass is 9.80. The Balaban J connectivity index is 1.83. The zero-order valence-electron chi connectivity index (χ0n) is 11.6. The molecule has 1 saturated carbocycles. The van der Waals surface area contributed by atoms with Gasteiger partial charge >= 0.3 is 0 Å². The maximum atomic E-state index is 10.0. The fourth-order valence-electron chi connectivity index (χ4n) is 3.45. The third kappa shape index (κ3) is 3.44. The van der Waals surface area contributed by atoms with Gasteiger partial charge in [0.15, 0.2) is 0 Å². The Morgan fingerprint density at radius 3 is 2.56 bits per heavy atom. The van der Waals surface area contributed by atoms with Gasteiger partial charge in [0.25, 0.3) is 0 Å². The Labute approximate surface area is 110 Å². The van der Waals surface area contributed by atoms with Crippen LogP contribution in [0.1, 0.15) is 38.5 Å². The Bertz CT molecular complexity index is 249. The Hall–Kier alpha value is -0.160. The normalized spacial score (nSPS) is 41.8. The monoisotopic (exact) mass is 257 g/mol. The zero-order valence-corrected chi connectivity index (χ0v) is 11.6. The van der Waals surface area contributed by atoms with Gasteiger partial charge in [0.2, 0.25) is 0 Å². The minimum absolute atomic E-state index is 0.167. The standard InChI is InChI=1S/C14H27NO3/c1-17-13-6-5-10(9-14(13)18-2)8-11-12(16)4-3-7-15-11/h10-16H,3-9H2,1-2H3. The molecule has 0 radical (unpaired) electrons. The van der Waals surface area contributed by atoms with E-state index >= 15 is 0 Å². The van der Waals surface area contributed by atoms with Crippen LogP contribution in [-0.2, 0) is 9.47 Å². The van der Waals surface area contributed by atoms with Crippen molar-refractivity contribution in [3.8, 4) is 0 Å². The molecule has 4 heteroatoms. The van der Waals surface area contributed by atoms with Gasteiger partial charge in [0.05, 0.1) is 18.3 Å². The fraction of sp³-hybridized carbons (Fsp3) is 1.00. The fourth-order valence-corrected chi connectivity index (χ4v) is 3.45. The molecular weight excluding hydrogens is 230 g/mol. The Kier molecular flexibility index (Phi) is 5.42. The van der Waals surface area contributed by atoms with E-state index < -0.39 is 0 Å². The maximum Gasteiger partial charge on any atom is 0.0835 e. The van der Waals surface area contributed by atoms with Crippen molar-refractivity contribution >= 4 is 0 Å². The molecule has 2 N–H and O–H groups in total. The molecular formula is C14H27NO3. The summed E-state index contributed by atoms with van der Waals surface area (Å²) in [6, 6.07) is 0.278. The van der Waals surface area contributed by atoms with Crippen LogP contribution < -0.4 is 5.32 Å². The molecule has 1 heterocycles. The van der Waals surface area contributed by atoms with Crippen molar-refractivity contribution in [3.05, 3.63) is 0 Å². The first-order valence-corrected chi connectivity index (χ1v) is 7.21. The summed E-state index contributed by atoms with van der Waals surface area (Å²) in [7, 11) is 3.54. The number of rotatable bonds is 4. The first-order valence-electron chi connectivity index (χ1n) is 7.21. The molecule has 1 saturated heterocycles. The predicted molar refractivity (Wildman–Crippen MR) is 70.6 cm³/mol. The largest absolute Gasteiger partial charge is 0.392 e. The van der Waals surface area contributed by atoms with E-state index in [1.807, 2.05) is 0 Å². The molecule has 2 fully saturated rings. The highest BCUT2D eigenvalue weighted by Crippen LogP contribution is 2.32. The molecule has 0 aromatic rings. The highest BCUT2D eigenvalue weighted by atomic mass is 16.5. The minimum atomic E-state index is -0.167. The number of hydrogen-bond acceptors (Lipinski definition) is 4. The van der Waals surface area contributed by atoms with Crippen LogP contribution in [0.25, 0.3) is 0 Å². The molecule has 0 aromatic heterocycles. The number of ether oxygens (including phenoxy) is 2. The minimum Gasteiger partial charge on any atom is -0.392 e. The molecule has 1 aliphatic carbocycles. The summed E-state index contributed by atoms with van der Waals surface area (Å²) in [5.41, 5.74) is 0. The second-order valence-corrected chi connectivity index (χ2v) is 5.73. The molecule has 2 aliphatic rings. The summed E-state index contributed by atoms with van der Waals surface area (Å²) < 4.78 is 11.0. The molecule has 0 bridgehead atoms. The Morgan fingerprint density at radius 1 is 1.11 bits per heavy atom. The van der Waals surface area contributed by atoms with E-state index in [0.29, 0.717) is 5.92 Å². The van der Waals surface area contributed by atoms with Crippen LogP contribution in [-0.4, -0.2) is 50.2 Å². The number of aliphatic hydroxyl groups is 1. The molecule has 0 aromatic carbocycles. The van der Waals surface area contributed by atoms with Crippen molar-refractivity contribution in [1.82, 2.24) is 5.32 Å². The van der Waals surface area contributed by atoms with Crippen molar-refractivity contribution in [2.24, 2.45) is 5.92 Å². The van der Waals surface area contributed by atoms with Crippen LogP contribution in [0.15, 0.2) is 0 Å². The number of methoxy groups -OCH3 is 2. The highest BCUT2D eigenvalue weighted by molar-refractivity contribution is 4.87. The van der Waals surface area contributed by atoms with Crippen molar-refractivity contribution in [1.29, 1.82) is 0 Å². The van der Waals surface area contributed by atoms with Crippen LogP contribution in [0.4, 0.5) is 0 Å². The Morgan fingerprint density at radius 2 is 1.89 bits per heavy atom. The van der Waals surface area contributed by atoms with Gasteiger partial charge in [-0.2, -0.15) is 0 Å². The summed E-state index contributed by atoms with van der Waals surface area (Å²) in [6.07, 6.45) is 6.71. The lowest BCUT2D eigenvalue weighted by Crippen LogP contribution is -2.47. The van der Waals surface area contributed by atoms with Gasteiger partial charge < -0.3 is 19.9 Å². The number of hydrogen-bond donors (Lipinski definition) is 2. The third-order valence-corrected chi connectivity index (χ3v) is 4.58. The van der Waals surface area contributed by atoms with Gasteiger partial charge in [-0.05, 0) is 51.0 Å². The molecule has 18 heavy (non-hydrogen) atoms. The maximum absolute atomic E-state index is 10.0. The molecule has 5 unspecified atom stereocenters. The van der Waals surface area contributed by atoms with Crippen LogP contribution in [0.3, 0.4) is 0 Å². The summed E-state index contributed by atoms with van der Waals surface area (Å²) in [6.45, 7) is 1.04. The van der Waals surface area contributed by atoms with Crippen LogP contribution in [0, 0.1) is 5.92 Å². The van der Waals surface area contributed by atoms with Crippen molar-refractivity contribution in [2.45, 2.75) is 62.9 Å². The lowest BCUT2D eigenvalue weighted by molar-refractivity contribution is -0.0736. The topological polar surface area (TPSA) is 50.7 Å². The van der Waals surface area contributed by atoms with Crippen LogP contribution in [0.5, 0.6) is 0 Å². The molecule has 106 valence electrons. The predicted octanol–water partition coefficient (Wildman–Crippen LogP) is 1.32. The van der Waals surface area contributed by atoms with E-state index in [-0.39, 0.29) is 24.4 Å². The van der Waals surface area contributed by atoms with Crippen LogP contribution in [0.2, 0.25) is 0 Å². The van der Waals surface area contributed by atoms with E-state index in [4.69, 9.17) is 9.47 Å². The summed E-state index contributed by atoms with van der Waals surface area (Å²) in [4.78, 5) is 0. The van der Waals surface area contributed by atoms with Gasteiger partial charge in [-0.25, -0.2) is 0 Å². The molecule has 4 nitrogen and oxygen atoms in total. The first-order chi connectivity index (χ1) is 8.74. The summed E-state index contributed by atoms with van der Waals surface area (Å²) in [5, 5.41) is 13.5. The average molecular weight is 257 g/mol.